The molecule has 1 aromatic carbocycles. The molecule has 98 valence electrons. The minimum Gasteiger partial charge on any atom is -0.395 e. The molecule has 0 unspecified atom stereocenters. The molecule has 2 heterocycles. The summed E-state index contributed by atoms with van der Waals surface area (Å²) in [6.45, 7) is 1.90. The number of nitrogens with zero attached hydrogens (tertiary/aromatic N) is 2. The second-order valence-corrected chi connectivity index (χ2v) is 4.91. The summed E-state index contributed by atoms with van der Waals surface area (Å²) in [6.07, 6.45) is 1.33. The molecule has 5 heteroatoms. The molecule has 0 fully saturated rings. The highest BCUT2D eigenvalue weighted by Crippen LogP contribution is 2.33. The monoisotopic (exact) mass is 256 g/mol. The molecular weight excluding hydrogens is 240 g/mol. The fourth-order valence-corrected chi connectivity index (χ4v) is 2.46. The van der Waals surface area contributed by atoms with Gasteiger partial charge in [0.25, 0.3) is 0 Å². The number of aryl methyl sites for hydroxylation is 2. The second kappa shape index (κ2) is 4.12. The molecule has 0 spiro atoms. The molecule has 3 rings (SSSR count). The number of benzene rings is 1. The van der Waals surface area contributed by atoms with E-state index >= 15 is 0 Å². The fourth-order valence-electron chi connectivity index (χ4n) is 2.46. The Morgan fingerprint density at radius 1 is 1.37 bits per heavy atom. The molecule has 1 amide bonds. The van der Waals surface area contributed by atoms with Gasteiger partial charge in [-0.05, 0) is 31.0 Å². The first-order valence-corrected chi connectivity index (χ1v) is 6.28. The summed E-state index contributed by atoms with van der Waals surface area (Å²) in [5.74, 6) is 0.162. The first-order valence-electron chi connectivity index (χ1n) is 6.28. The second-order valence-electron chi connectivity index (χ2n) is 4.91. The van der Waals surface area contributed by atoms with Crippen LogP contribution in [0.2, 0.25) is 0 Å². The Bertz CT molecular complexity index is 659. The van der Waals surface area contributed by atoms with Gasteiger partial charge >= 0.3 is 0 Å². The molecule has 0 saturated heterocycles. The number of fused-ring (bicyclic) bond motifs is 1. The van der Waals surface area contributed by atoms with E-state index in [9.17, 15) is 4.79 Å². The number of H-pyrrole nitrogens is 1. The molecule has 1 aliphatic rings. The maximum Gasteiger partial charge on any atom is 0.227 e. The quantitative estimate of drug-likeness (QED) is 0.818. The zero-order valence-electron chi connectivity index (χ0n) is 11.0. The molecule has 0 aliphatic carbocycles. The highest BCUT2D eigenvalue weighted by molar-refractivity contribution is 5.96. The summed E-state index contributed by atoms with van der Waals surface area (Å²) < 4.78 is 0. The van der Waals surface area contributed by atoms with Crippen molar-refractivity contribution in [2.45, 2.75) is 19.8 Å². The normalized spacial score (nSPS) is 14.6. The van der Waals surface area contributed by atoms with Gasteiger partial charge in [-0.2, -0.15) is 5.10 Å². The van der Waals surface area contributed by atoms with Gasteiger partial charge in [-0.15, -0.1) is 0 Å². The van der Waals surface area contributed by atoms with Crippen LogP contribution in [0.3, 0.4) is 0 Å². The van der Waals surface area contributed by atoms with E-state index in [4.69, 9.17) is 5.73 Å². The van der Waals surface area contributed by atoms with E-state index in [0.29, 0.717) is 12.1 Å². The van der Waals surface area contributed by atoms with Crippen molar-refractivity contribution in [2.24, 2.45) is 0 Å². The van der Waals surface area contributed by atoms with Gasteiger partial charge in [-0.1, -0.05) is 6.07 Å². The minimum atomic E-state index is 0.162. The molecule has 19 heavy (non-hydrogen) atoms. The van der Waals surface area contributed by atoms with Gasteiger partial charge in [0.1, 0.15) is 5.69 Å². The van der Waals surface area contributed by atoms with Crippen molar-refractivity contribution in [2.75, 3.05) is 17.7 Å². The van der Waals surface area contributed by atoms with E-state index in [-0.39, 0.29) is 5.91 Å². The van der Waals surface area contributed by atoms with Crippen LogP contribution in [-0.2, 0) is 11.2 Å². The third kappa shape index (κ3) is 1.78. The summed E-state index contributed by atoms with van der Waals surface area (Å²) in [5, 5.41) is 7.13. The first kappa shape index (κ1) is 11.8. The molecule has 0 radical (unpaired) electrons. The van der Waals surface area contributed by atoms with Gasteiger partial charge in [0, 0.05) is 24.7 Å². The smallest absolute Gasteiger partial charge is 0.227 e. The van der Waals surface area contributed by atoms with Crippen LogP contribution in [0.4, 0.5) is 11.4 Å². The Kier molecular flexibility index (Phi) is 2.55. The van der Waals surface area contributed by atoms with Gasteiger partial charge in [0.05, 0.1) is 11.4 Å². The highest BCUT2D eigenvalue weighted by atomic mass is 16.2. The van der Waals surface area contributed by atoms with Crippen LogP contribution < -0.4 is 10.6 Å². The number of nitrogens with two attached hydrogens (primary N) is 1. The number of anilines is 2. The van der Waals surface area contributed by atoms with E-state index in [0.717, 1.165) is 29.1 Å². The summed E-state index contributed by atoms with van der Waals surface area (Å²) in [4.78, 5) is 13.4. The lowest BCUT2D eigenvalue weighted by atomic mass is 9.97. The molecule has 3 N–H and O–H groups in total. The lowest BCUT2D eigenvalue weighted by Gasteiger charge is -2.26. The largest absolute Gasteiger partial charge is 0.395 e. The summed E-state index contributed by atoms with van der Waals surface area (Å²) in [6, 6.07) is 6.00. The standard InChI is InChI=1S/C14H16N4O/c1-8-13(15)14(17-16-8)10-3-5-11-9(7-10)4-6-12(19)18(11)2/h3,5,7H,4,6,15H2,1-2H3,(H,16,17). The van der Waals surface area contributed by atoms with Crippen LogP contribution >= 0.6 is 0 Å². The average molecular weight is 256 g/mol. The SMILES string of the molecule is Cc1[nH]nc(-c2ccc3c(c2)CCC(=O)N3C)c1N. The Hall–Kier alpha value is -2.30. The molecule has 2 aromatic rings. The number of hydrogen-bond acceptors (Lipinski definition) is 3. The highest BCUT2D eigenvalue weighted by Gasteiger charge is 2.21. The van der Waals surface area contributed by atoms with Crippen LogP contribution in [-0.4, -0.2) is 23.2 Å². The van der Waals surface area contributed by atoms with E-state index in [1.807, 2.05) is 26.1 Å². The third-order valence-electron chi connectivity index (χ3n) is 3.69. The zero-order chi connectivity index (χ0) is 13.6. The Balaban J connectivity index is 2.07. The van der Waals surface area contributed by atoms with Crippen molar-refractivity contribution in [3.8, 4) is 11.3 Å². The predicted octanol–water partition coefficient (Wildman–Crippen LogP) is 1.88. The van der Waals surface area contributed by atoms with E-state index in [2.05, 4.69) is 16.3 Å². The number of aromatic amines is 1. The maximum absolute atomic E-state index is 11.7. The fraction of sp³-hybridized carbons (Fsp3) is 0.286. The van der Waals surface area contributed by atoms with Gasteiger partial charge in [-0.3, -0.25) is 9.89 Å². The number of amides is 1. The third-order valence-corrected chi connectivity index (χ3v) is 3.69. The van der Waals surface area contributed by atoms with E-state index in [1.54, 1.807) is 4.90 Å². The first-order chi connectivity index (χ1) is 9.08. The molecule has 0 saturated carbocycles. The van der Waals surface area contributed by atoms with Gasteiger partial charge in [0.2, 0.25) is 5.91 Å². The van der Waals surface area contributed by atoms with Gasteiger partial charge < -0.3 is 10.6 Å². The summed E-state index contributed by atoms with van der Waals surface area (Å²) in [5.41, 5.74) is 11.5. The summed E-state index contributed by atoms with van der Waals surface area (Å²) >= 11 is 0. The van der Waals surface area contributed by atoms with E-state index in [1.165, 1.54) is 5.56 Å². The summed E-state index contributed by atoms with van der Waals surface area (Å²) in [7, 11) is 1.81. The minimum absolute atomic E-state index is 0.162. The molecule has 0 atom stereocenters. The number of hydrogen-bond donors (Lipinski definition) is 2. The topological polar surface area (TPSA) is 75.0 Å². The van der Waals surface area contributed by atoms with Crippen LogP contribution in [0.25, 0.3) is 11.3 Å². The number of nitrogen functional groups attached to an aromatic ring is 1. The van der Waals surface area contributed by atoms with Crippen molar-refractivity contribution in [3.05, 3.63) is 29.5 Å². The van der Waals surface area contributed by atoms with Crippen LogP contribution in [0, 0.1) is 6.92 Å². The maximum atomic E-state index is 11.7. The van der Waals surface area contributed by atoms with Crippen LogP contribution in [0.15, 0.2) is 18.2 Å². The number of rotatable bonds is 1. The predicted molar refractivity (Wildman–Crippen MR) is 74.9 cm³/mol. The van der Waals surface area contributed by atoms with Crippen molar-refractivity contribution < 1.29 is 4.79 Å². The van der Waals surface area contributed by atoms with Gasteiger partial charge in [-0.25, -0.2) is 0 Å². The Morgan fingerprint density at radius 2 is 2.16 bits per heavy atom. The molecular formula is C14H16N4O. The number of nitrogens with one attached hydrogen (secondary N) is 1. The zero-order valence-corrected chi connectivity index (χ0v) is 11.0. The molecule has 0 bridgehead atoms. The number of aromatic nitrogens is 2. The number of carbonyl (C=O) groups excluding carboxylic acids is 1. The average Bonchev–Trinajstić information content (AvgIpc) is 2.74. The van der Waals surface area contributed by atoms with E-state index < -0.39 is 0 Å². The van der Waals surface area contributed by atoms with Crippen LogP contribution in [0.1, 0.15) is 17.7 Å². The van der Waals surface area contributed by atoms with Gasteiger partial charge in [0.15, 0.2) is 0 Å². The van der Waals surface area contributed by atoms with Crippen molar-refractivity contribution >= 4 is 17.3 Å². The van der Waals surface area contributed by atoms with Crippen molar-refractivity contribution in [3.63, 3.8) is 0 Å². The van der Waals surface area contributed by atoms with Crippen LogP contribution in [0.5, 0.6) is 0 Å². The molecule has 1 aromatic heterocycles. The Morgan fingerprint density at radius 3 is 2.84 bits per heavy atom. The molecule has 5 nitrogen and oxygen atoms in total. The van der Waals surface area contributed by atoms with Crippen molar-refractivity contribution in [1.29, 1.82) is 0 Å². The lowest BCUT2D eigenvalue weighted by Crippen LogP contribution is -2.30. The van der Waals surface area contributed by atoms with Crippen molar-refractivity contribution in [1.82, 2.24) is 10.2 Å². The lowest BCUT2D eigenvalue weighted by molar-refractivity contribution is -0.118. The Labute approximate surface area is 111 Å². The molecule has 1 aliphatic heterocycles. The number of carbonyl (C=O) groups is 1.